The number of carbonyl (C=O) groups excluding carboxylic acids is 3. The summed E-state index contributed by atoms with van der Waals surface area (Å²) < 4.78 is 24.6. The van der Waals surface area contributed by atoms with E-state index in [-0.39, 0.29) is 12.7 Å². The first-order valence-electron chi connectivity index (χ1n) is 4.04. The smallest absolute Gasteiger partial charge is 0.284 e. The summed E-state index contributed by atoms with van der Waals surface area (Å²) in [7, 11) is 0. The van der Waals surface area contributed by atoms with Gasteiger partial charge in [-0.15, -0.1) is 0 Å². The van der Waals surface area contributed by atoms with Crippen molar-refractivity contribution in [3.05, 3.63) is 6.92 Å². The van der Waals surface area contributed by atoms with Gasteiger partial charge in [-0.25, -0.2) is 8.78 Å². The van der Waals surface area contributed by atoms with E-state index in [2.05, 4.69) is 6.92 Å². The summed E-state index contributed by atoms with van der Waals surface area (Å²) in [6, 6.07) is -1.28. The fourth-order valence-corrected chi connectivity index (χ4v) is 0.847. The van der Waals surface area contributed by atoms with Crippen molar-refractivity contribution in [2.45, 2.75) is 24.8 Å². The van der Waals surface area contributed by atoms with Crippen LogP contribution < -0.4 is 11.1 Å². The van der Waals surface area contributed by atoms with Crippen LogP contribution in [0.4, 0.5) is 8.78 Å². The fourth-order valence-electron chi connectivity index (χ4n) is 0.847. The summed E-state index contributed by atoms with van der Waals surface area (Å²) in [5.74, 6) is -5.25. The highest BCUT2D eigenvalue weighted by Crippen LogP contribution is 2.19. The predicted octanol–water partition coefficient (Wildman–Crippen LogP) is -0.595. The van der Waals surface area contributed by atoms with Crippen LogP contribution in [0.5, 0.6) is 0 Å². The second kappa shape index (κ2) is 5.38. The van der Waals surface area contributed by atoms with Crippen molar-refractivity contribution in [3.63, 3.8) is 0 Å². The lowest BCUT2D eigenvalue weighted by molar-refractivity contribution is -0.133. The summed E-state index contributed by atoms with van der Waals surface area (Å²) in [6.07, 6.45) is -1.15. The Hall–Kier alpha value is -1.53. The molecule has 7 heteroatoms. The second-order valence-corrected chi connectivity index (χ2v) is 2.98. The van der Waals surface area contributed by atoms with Crippen LogP contribution in [0.3, 0.4) is 0 Å². The van der Waals surface area contributed by atoms with Gasteiger partial charge in [0.1, 0.15) is 12.0 Å². The molecule has 2 amide bonds. The van der Waals surface area contributed by atoms with Crippen LogP contribution >= 0.6 is 0 Å². The number of primary amides is 1. The minimum atomic E-state index is -3.19. The molecule has 0 aromatic carbocycles. The summed E-state index contributed by atoms with van der Waals surface area (Å²) in [4.78, 5) is 31.2. The Balaban J connectivity index is 4.23. The molecule has 0 aliphatic heterocycles. The first-order valence-corrected chi connectivity index (χ1v) is 4.04. The molecule has 0 fully saturated rings. The highest BCUT2D eigenvalue weighted by molar-refractivity contribution is 6.24. The number of amides is 2. The molecule has 0 spiro atoms. The molecule has 0 radical (unpaired) electrons. The van der Waals surface area contributed by atoms with Crippen molar-refractivity contribution in [1.29, 1.82) is 0 Å². The Kier molecular flexibility index (Phi) is 4.83. The van der Waals surface area contributed by atoms with E-state index < -0.39 is 30.2 Å². The van der Waals surface area contributed by atoms with E-state index in [1.165, 1.54) is 0 Å². The molecule has 1 unspecified atom stereocenters. The molecule has 0 aliphatic carbocycles. The van der Waals surface area contributed by atoms with Crippen molar-refractivity contribution in [3.8, 4) is 0 Å². The second-order valence-electron chi connectivity index (χ2n) is 2.98. The van der Waals surface area contributed by atoms with Crippen LogP contribution in [-0.2, 0) is 14.4 Å². The molecule has 0 heterocycles. The molecule has 0 saturated carbocycles. The molecule has 15 heavy (non-hydrogen) atoms. The van der Waals surface area contributed by atoms with Crippen LogP contribution in [0.1, 0.15) is 12.8 Å². The Bertz CT molecular complexity index is 263. The van der Waals surface area contributed by atoms with Crippen molar-refractivity contribution in [2.24, 2.45) is 5.73 Å². The van der Waals surface area contributed by atoms with E-state index in [1.807, 2.05) is 5.32 Å². The van der Waals surface area contributed by atoms with Gasteiger partial charge < -0.3 is 11.1 Å². The van der Waals surface area contributed by atoms with Crippen LogP contribution in [0.15, 0.2) is 0 Å². The van der Waals surface area contributed by atoms with Crippen LogP contribution in [-0.4, -0.2) is 30.1 Å². The lowest BCUT2D eigenvalue weighted by Crippen LogP contribution is -2.45. The maximum Gasteiger partial charge on any atom is 0.284 e. The minimum Gasteiger partial charge on any atom is -0.368 e. The number of rotatable bonds is 6. The average molecular weight is 221 g/mol. The molecular weight excluding hydrogens is 210 g/mol. The third kappa shape index (κ3) is 6.53. The molecule has 3 N–H and O–H groups in total. The van der Waals surface area contributed by atoms with Gasteiger partial charge in [-0.2, -0.15) is 0 Å². The third-order valence-electron chi connectivity index (χ3n) is 1.57. The van der Waals surface area contributed by atoms with Crippen molar-refractivity contribution in [1.82, 2.24) is 5.32 Å². The summed E-state index contributed by atoms with van der Waals surface area (Å²) in [5.41, 5.74) is 4.83. The van der Waals surface area contributed by atoms with Gasteiger partial charge in [0, 0.05) is 0 Å². The quantitative estimate of drug-likeness (QED) is 0.356. The molecule has 0 rings (SSSR count). The lowest BCUT2D eigenvalue weighted by Gasteiger charge is -2.20. The Labute approximate surface area is 85.0 Å². The third-order valence-corrected chi connectivity index (χ3v) is 1.57. The summed E-state index contributed by atoms with van der Waals surface area (Å²) in [5, 5.41) is 1.90. The number of carbonyl (C=O) groups is 3. The zero-order valence-electron chi connectivity index (χ0n) is 7.83. The zero-order chi connectivity index (χ0) is 12.1. The van der Waals surface area contributed by atoms with E-state index in [1.54, 1.807) is 0 Å². The van der Waals surface area contributed by atoms with Gasteiger partial charge >= 0.3 is 0 Å². The van der Waals surface area contributed by atoms with Crippen molar-refractivity contribution in [2.75, 3.05) is 0 Å². The largest absolute Gasteiger partial charge is 0.368 e. The molecule has 5 nitrogen and oxygen atoms in total. The monoisotopic (exact) mass is 221 g/mol. The number of halogens is 2. The van der Waals surface area contributed by atoms with E-state index in [0.29, 0.717) is 0 Å². The number of hydrogen-bond donors (Lipinski definition) is 2. The van der Waals surface area contributed by atoms with E-state index in [0.717, 1.165) is 0 Å². The van der Waals surface area contributed by atoms with E-state index in [4.69, 9.17) is 5.73 Å². The van der Waals surface area contributed by atoms with Crippen molar-refractivity contribution >= 4 is 18.1 Å². The van der Waals surface area contributed by atoms with Gasteiger partial charge in [0.25, 0.3) is 5.91 Å². The Morgan fingerprint density at radius 1 is 1.53 bits per heavy atom. The number of alkyl halides is 2. The molecule has 86 valence electrons. The van der Waals surface area contributed by atoms with Gasteiger partial charge in [-0.1, -0.05) is 0 Å². The molecule has 0 aromatic rings. The van der Waals surface area contributed by atoms with Crippen molar-refractivity contribution < 1.29 is 23.2 Å². The number of aldehydes is 1. The highest BCUT2D eigenvalue weighted by Gasteiger charge is 2.22. The van der Waals surface area contributed by atoms with Crippen LogP contribution in [0.25, 0.3) is 0 Å². The van der Waals surface area contributed by atoms with Gasteiger partial charge in [-0.3, -0.25) is 21.3 Å². The van der Waals surface area contributed by atoms with Gasteiger partial charge in [0.2, 0.25) is 12.2 Å². The molecule has 0 saturated heterocycles. The van der Waals surface area contributed by atoms with Gasteiger partial charge in [0.05, 0.1) is 0 Å². The van der Waals surface area contributed by atoms with Gasteiger partial charge in [0.15, 0.2) is 0 Å². The maximum absolute atomic E-state index is 12.3. The minimum absolute atomic E-state index is 0.0712. The van der Waals surface area contributed by atoms with Gasteiger partial charge in [-0.05, 0) is 12.8 Å². The highest BCUT2D eigenvalue weighted by atomic mass is 19.3. The standard InChI is InChI=1S/C8H11F2N2O3/c1-8(9,10)3-2-5(7(11)15)12-6(14)4-13/h4-5H,1-3H2,(H2,11,15)(H,12,14)/q-1. The Morgan fingerprint density at radius 2 is 2.07 bits per heavy atom. The topological polar surface area (TPSA) is 89.3 Å². The maximum atomic E-state index is 12.3. The zero-order valence-corrected chi connectivity index (χ0v) is 7.83. The number of nitrogens with one attached hydrogen (secondary N) is 1. The fraction of sp³-hybridized carbons (Fsp3) is 0.500. The first-order chi connectivity index (χ1) is 6.76. The SMILES string of the molecule is [CH2-]C(F)(F)CCC(NC(=O)C=O)C(N)=O. The van der Waals surface area contributed by atoms with E-state index in [9.17, 15) is 23.2 Å². The molecule has 0 aromatic heterocycles. The Morgan fingerprint density at radius 3 is 2.40 bits per heavy atom. The molecule has 0 bridgehead atoms. The summed E-state index contributed by atoms with van der Waals surface area (Å²) >= 11 is 0. The normalized spacial score (nSPS) is 13.0. The van der Waals surface area contributed by atoms with Crippen LogP contribution in [0, 0.1) is 6.92 Å². The molecule has 0 aliphatic rings. The lowest BCUT2D eigenvalue weighted by atomic mass is 10.1. The predicted molar refractivity (Wildman–Crippen MR) is 46.7 cm³/mol. The molecular formula is C8H11F2N2O3-. The molecule has 1 atom stereocenters. The van der Waals surface area contributed by atoms with Crippen LogP contribution in [0.2, 0.25) is 0 Å². The summed E-state index contributed by atoms with van der Waals surface area (Å²) in [6.45, 7) is 2.53. The average Bonchev–Trinajstić information content (AvgIpc) is 2.09. The van der Waals surface area contributed by atoms with E-state index >= 15 is 0 Å². The first kappa shape index (κ1) is 13.5. The number of nitrogens with two attached hydrogens (primary N) is 1. The number of hydrogen-bond acceptors (Lipinski definition) is 3.